The van der Waals surface area contributed by atoms with Crippen molar-refractivity contribution in [3.63, 3.8) is 0 Å². The van der Waals surface area contributed by atoms with Gasteiger partial charge in [-0.2, -0.15) is 18.2 Å². The second-order valence-electron chi connectivity index (χ2n) is 3.76. The molecule has 1 aromatic rings. The topological polar surface area (TPSA) is 96.7 Å². The number of carbonyl (C=O) groups is 1. The molecule has 96 valence electrons. The number of halogens is 3. The first kappa shape index (κ1) is 13.4. The Morgan fingerprint density at radius 2 is 2.06 bits per heavy atom. The number of carbonyl (C=O) groups excluding carboxylic acids is 1. The molecular formula is C8H12F3N5O. The zero-order chi connectivity index (χ0) is 13.2. The smallest absolute Gasteiger partial charge is 0.320 e. The summed E-state index contributed by atoms with van der Waals surface area (Å²) < 4.78 is 36.5. The van der Waals surface area contributed by atoms with Crippen LogP contribution in [0.25, 0.3) is 0 Å². The Bertz CT molecular complexity index is 400. The average molecular weight is 251 g/mol. The van der Waals surface area contributed by atoms with E-state index in [1.807, 2.05) is 0 Å². The van der Waals surface area contributed by atoms with Crippen molar-refractivity contribution in [2.45, 2.75) is 26.1 Å². The summed E-state index contributed by atoms with van der Waals surface area (Å²) in [6.45, 7) is 3.42. The second-order valence-corrected chi connectivity index (χ2v) is 3.76. The van der Waals surface area contributed by atoms with Gasteiger partial charge in [0.1, 0.15) is 0 Å². The van der Waals surface area contributed by atoms with Crippen LogP contribution < -0.4 is 11.1 Å². The van der Waals surface area contributed by atoms with Gasteiger partial charge in [0.25, 0.3) is 0 Å². The Labute approximate surface area is 94.8 Å². The van der Waals surface area contributed by atoms with Crippen molar-refractivity contribution in [1.29, 1.82) is 0 Å². The molecule has 0 aliphatic rings. The molecule has 1 amide bonds. The molecule has 0 unspecified atom stereocenters. The number of nitrogens with two attached hydrogens (primary N) is 1. The molecule has 0 radical (unpaired) electrons. The number of hydrogen-bond donors (Lipinski definition) is 3. The quantitative estimate of drug-likeness (QED) is 0.738. The van der Waals surface area contributed by atoms with Crippen molar-refractivity contribution in [3.05, 3.63) is 5.82 Å². The fourth-order valence-electron chi connectivity index (χ4n) is 0.941. The third-order valence-corrected chi connectivity index (χ3v) is 2.01. The zero-order valence-electron chi connectivity index (χ0n) is 9.17. The van der Waals surface area contributed by atoms with Gasteiger partial charge in [0.05, 0.1) is 6.04 Å². The van der Waals surface area contributed by atoms with E-state index in [-0.39, 0.29) is 5.92 Å². The van der Waals surface area contributed by atoms with Gasteiger partial charge in [-0.1, -0.05) is 13.8 Å². The third-order valence-electron chi connectivity index (χ3n) is 2.01. The predicted octanol–water partition coefficient (Wildman–Crippen LogP) is 0.745. The number of H-pyrrole nitrogens is 1. The minimum Gasteiger partial charge on any atom is -0.320 e. The average Bonchev–Trinajstić information content (AvgIpc) is 2.64. The van der Waals surface area contributed by atoms with Gasteiger partial charge in [-0.15, -0.1) is 5.10 Å². The fraction of sp³-hybridized carbons (Fsp3) is 0.625. The number of nitrogens with one attached hydrogen (secondary N) is 2. The zero-order valence-corrected chi connectivity index (χ0v) is 9.17. The van der Waals surface area contributed by atoms with Crippen LogP contribution in [0.1, 0.15) is 19.7 Å². The Hall–Kier alpha value is -1.64. The lowest BCUT2D eigenvalue weighted by atomic mass is 10.1. The first-order chi connectivity index (χ1) is 7.71. The molecule has 1 aromatic heterocycles. The normalized spacial score (nSPS) is 13.8. The summed E-state index contributed by atoms with van der Waals surface area (Å²) in [5, 5.41) is 7.00. The van der Waals surface area contributed by atoms with Crippen LogP contribution >= 0.6 is 0 Å². The number of aromatic amines is 1. The van der Waals surface area contributed by atoms with E-state index in [0.717, 1.165) is 0 Å². The maximum absolute atomic E-state index is 12.2. The fourth-order valence-corrected chi connectivity index (χ4v) is 0.941. The van der Waals surface area contributed by atoms with E-state index in [1.165, 1.54) is 0 Å². The third kappa shape index (κ3) is 3.41. The molecule has 1 rings (SSSR count). The van der Waals surface area contributed by atoms with E-state index in [0.29, 0.717) is 0 Å². The summed E-state index contributed by atoms with van der Waals surface area (Å²) in [7, 11) is 0. The van der Waals surface area contributed by atoms with Crippen molar-refractivity contribution in [3.8, 4) is 0 Å². The number of nitrogens with zero attached hydrogens (tertiary/aromatic N) is 2. The van der Waals surface area contributed by atoms with E-state index in [2.05, 4.69) is 15.4 Å². The number of amides is 1. The minimum atomic E-state index is -4.63. The van der Waals surface area contributed by atoms with Crippen molar-refractivity contribution >= 4 is 11.9 Å². The van der Waals surface area contributed by atoms with Crippen molar-refractivity contribution in [1.82, 2.24) is 15.2 Å². The Morgan fingerprint density at radius 1 is 1.47 bits per heavy atom. The standard InChI is InChI=1S/C8H12F3N5O/c1-3(2)4(12)5(17)13-7-14-6(15-16-7)8(9,10)11/h3-4H,12H2,1-2H3,(H2,13,14,15,16,17)/t4-/m0/s1. The molecule has 4 N–H and O–H groups in total. The number of rotatable bonds is 3. The molecule has 0 bridgehead atoms. The van der Waals surface area contributed by atoms with Crippen LogP contribution in [0.3, 0.4) is 0 Å². The molecule has 1 atom stereocenters. The summed E-state index contributed by atoms with van der Waals surface area (Å²) in [5.41, 5.74) is 5.50. The largest absolute Gasteiger partial charge is 0.451 e. The number of hydrogen-bond acceptors (Lipinski definition) is 4. The van der Waals surface area contributed by atoms with Gasteiger partial charge >= 0.3 is 6.18 Å². The number of alkyl halides is 3. The maximum atomic E-state index is 12.2. The van der Waals surface area contributed by atoms with Gasteiger partial charge in [0.2, 0.25) is 17.7 Å². The molecule has 1 heterocycles. The summed E-state index contributed by atoms with van der Waals surface area (Å²) in [5.74, 6) is -2.49. The molecule has 6 nitrogen and oxygen atoms in total. The molecule has 0 saturated heterocycles. The highest BCUT2D eigenvalue weighted by atomic mass is 19.4. The monoisotopic (exact) mass is 251 g/mol. The van der Waals surface area contributed by atoms with Crippen molar-refractivity contribution < 1.29 is 18.0 Å². The Balaban J connectivity index is 2.71. The second kappa shape index (κ2) is 4.70. The van der Waals surface area contributed by atoms with E-state index in [9.17, 15) is 18.0 Å². The van der Waals surface area contributed by atoms with Crippen LogP contribution in [0.4, 0.5) is 19.1 Å². The molecule has 0 fully saturated rings. The van der Waals surface area contributed by atoms with Crippen LogP contribution in [-0.4, -0.2) is 27.1 Å². The first-order valence-corrected chi connectivity index (χ1v) is 4.78. The van der Waals surface area contributed by atoms with Gasteiger partial charge < -0.3 is 5.73 Å². The highest BCUT2D eigenvalue weighted by molar-refractivity contribution is 5.93. The predicted molar refractivity (Wildman–Crippen MR) is 52.8 cm³/mol. The molecule has 9 heteroatoms. The van der Waals surface area contributed by atoms with Crippen molar-refractivity contribution in [2.24, 2.45) is 11.7 Å². The number of aromatic nitrogens is 3. The summed E-state index contributed by atoms with van der Waals surface area (Å²) in [4.78, 5) is 14.5. The summed E-state index contributed by atoms with van der Waals surface area (Å²) >= 11 is 0. The van der Waals surface area contributed by atoms with Crippen LogP contribution in [-0.2, 0) is 11.0 Å². The Kier molecular flexibility index (Phi) is 3.71. The summed E-state index contributed by atoms with van der Waals surface area (Å²) in [6.07, 6.45) is -4.63. The van der Waals surface area contributed by atoms with Gasteiger partial charge in [-0.25, -0.2) is 0 Å². The van der Waals surface area contributed by atoms with Crippen LogP contribution in [0.5, 0.6) is 0 Å². The van der Waals surface area contributed by atoms with Crippen LogP contribution in [0.15, 0.2) is 0 Å². The van der Waals surface area contributed by atoms with Gasteiger partial charge in [0, 0.05) is 0 Å². The van der Waals surface area contributed by atoms with Gasteiger partial charge in [-0.3, -0.25) is 15.2 Å². The van der Waals surface area contributed by atoms with Gasteiger partial charge in [0.15, 0.2) is 0 Å². The van der Waals surface area contributed by atoms with E-state index in [4.69, 9.17) is 5.73 Å². The molecule has 17 heavy (non-hydrogen) atoms. The van der Waals surface area contributed by atoms with Crippen LogP contribution in [0.2, 0.25) is 0 Å². The minimum absolute atomic E-state index is 0.143. The van der Waals surface area contributed by atoms with E-state index in [1.54, 1.807) is 18.9 Å². The first-order valence-electron chi connectivity index (χ1n) is 4.78. The molecule has 0 saturated carbocycles. The summed E-state index contributed by atoms with van der Waals surface area (Å²) in [6, 6.07) is -0.831. The molecule has 0 aliphatic carbocycles. The lowest BCUT2D eigenvalue weighted by Gasteiger charge is -2.13. The molecule has 0 aliphatic heterocycles. The van der Waals surface area contributed by atoms with E-state index >= 15 is 0 Å². The van der Waals surface area contributed by atoms with Crippen molar-refractivity contribution in [2.75, 3.05) is 5.32 Å². The highest BCUT2D eigenvalue weighted by Gasteiger charge is 2.35. The number of anilines is 1. The molecular weight excluding hydrogens is 239 g/mol. The van der Waals surface area contributed by atoms with Crippen LogP contribution in [0, 0.1) is 5.92 Å². The molecule has 0 aromatic carbocycles. The maximum Gasteiger partial charge on any atom is 0.451 e. The lowest BCUT2D eigenvalue weighted by Crippen LogP contribution is -2.40. The van der Waals surface area contributed by atoms with Gasteiger partial charge in [-0.05, 0) is 5.92 Å². The SMILES string of the molecule is CC(C)[C@H](N)C(=O)Nc1n[nH]c(C(F)(F)F)n1. The highest BCUT2D eigenvalue weighted by Crippen LogP contribution is 2.26. The Morgan fingerprint density at radius 3 is 2.47 bits per heavy atom. The van der Waals surface area contributed by atoms with E-state index < -0.39 is 29.9 Å². The molecule has 0 spiro atoms. The lowest BCUT2D eigenvalue weighted by molar-refractivity contribution is -0.144.